The monoisotopic (exact) mass is 400 g/mol. The van der Waals surface area contributed by atoms with Crippen LogP contribution in [0.25, 0.3) is 0 Å². The lowest BCUT2D eigenvalue weighted by Crippen LogP contribution is -2.62. The quantitative estimate of drug-likeness (QED) is 0.844. The van der Waals surface area contributed by atoms with E-state index in [1.165, 1.54) is 0 Å². The summed E-state index contributed by atoms with van der Waals surface area (Å²) in [5, 5.41) is 3.76. The van der Waals surface area contributed by atoms with E-state index in [1.54, 1.807) is 23.2 Å². The number of nitrogens with one attached hydrogen (secondary N) is 1. The Hall–Kier alpha value is -2.47. The molecule has 0 radical (unpaired) electrons. The number of halogens is 1. The number of ether oxygens (including phenoxy) is 1. The largest absolute Gasteiger partial charge is 0.489 e. The number of rotatable bonds is 4. The molecule has 0 bridgehead atoms. The van der Waals surface area contributed by atoms with Crippen LogP contribution in [0.4, 0.5) is 16.2 Å². The summed E-state index contributed by atoms with van der Waals surface area (Å²) < 4.78 is 5.74. The normalized spacial score (nSPS) is 20.0. The molecular formula is C21H25ClN4O2. The Bertz CT molecular complexity index is 855. The first kappa shape index (κ1) is 18.9. The van der Waals surface area contributed by atoms with Crippen LogP contribution in [0.5, 0.6) is 5.75 Å². The molecule has 0 spiro atoms. The molecule has 148 valence electrons. The first-order valence-corrected chi connectivity index (χ1v) is 10.0. The van der Waals surface area contributed by atoms with E-state index in [2.05, 4.69) is 28.2 Å². The van der Waals surface area contributed by atoms with Gasteiger partial charge in [0.1, 0.15) is 12.4 Å². The van der Waals surface area contributed by atoms with Crippen molar-refractivity contribution in [3.05, 3.63) is 47.7 Å². The lowest BCUT2D eigenvalue weighted by molar-refractivity contribution is 0.188. The highest BCUT2D eigenvalue weighted by Crippen LogP contribution is 2.38. The molecule has 6 nitrogen and oxygen atoms in total. The van der Waals surface area contributed by atoms with E-state index in [1.807, 2.05) is 25.3 Å². The van der Waals surface area contributed by atoms with Gasteiger partial charge >= 0.3 is 6.03 Å². The number of pyridine rings is 1. The lowest BCUT2D eigenvalue weighted by atomic mass is 9.77. The van der Waals surface area contributed by atoms with Gasteiger partial charge in [-0.15, -0.1) is 0 Å². The van der Waals surface area contributed by atoms with E-state index in [4.69, 9.17) is 16.3 Å². The summed E-state index contributed by atoms with van der Waals surface area (Å²) in [7, 11) is 0. The minimum atomic E-state index is -0.0907. The molecule has 2 amide bonds. The maximum Gasteiger partial charge on any atom is 0.322 e. The predicted octanol–water partition coefficient (Wildman–Crippen LogP) is 3.95. The second-order valence-corrected chi connectivity index (χ2v) is 8.16. The Labute approximate surface area is 170 Å². The summed E-state index contributed by atoms with van der Waals surface area (Å²) in [6.07, 6.45) is 4.68. The number of amides is 2. The Kier molecular flexibility index (Phi) is 5.06. The third-order valence-corrected chi connectivity index (χ3v) is 5.98. The second-order valence-electron chi connectivity index (χ2n) is 7.72. The number of benzene rings is 1. The number of hydrogen-bond donors (Lipinski definition) is 1. The fourth-order valence-corrected chi connectivity index (χ4v) is 4.09. The van der Waals surface area contributed by atoms with Gasteiger partial charge in [-0.2, -0.15) is 0 Å². The molecule has 1 aromatic carbocycles. The van der Waals surface area contributed by atoms with E-state index in [9.17, 15) is 4.79 Å². The van der Waals surface area contributed by atoms with Crippen LogP contribution in [-0.4, -0.2) is 43.3 Å². The Balaban J connectivity index is 1.42. The highest BCUT2D eigenvalue weighted by molar-refractivity contribution is 6.30. The van der Waals surface area contributed by atoms with Gasteiger partial charge in [0, 0.05) is 42.3 Å². The molecule has 1 atom stereocenters. The number of urea groups is 1. The molecule has 1 aromatic heterocycles. The minimum absolute atomic E-state index is 0.0421. The molecule has 2 aromatic rings. The molecule has 0 aliphatic carbocycles. The number of aromatic nitrogens is 1. The van der Waals surface area contributed by atoms with Gasteiger partial charge in [-0.05, 0) is 37.6 Å². The van der Waals surface area contributed by atoms with E-state index in [-0.39, 0.29) is 17.5 Å². The number of nitrogens with zero attached hydrogens (tertiary/aromatic N) is 3. The number of carbonyl (C=O) groups excluding carboxylic acids is 1. The van der Waals surface area contributed by atoms with Crippen LogP contribution in [0, 0.1) is 5.41 Å². The van der Waals surface area contributed by atoms with Gasteiger partial charge in [0.15, 0.2) is 0 Å². The van der Waals surface area contributed by atoms with E-state index < -0.39 is 0 Å². The third kappa shape index (κ3) is 3.49. The summed E-state index contributed by atoms with van der Waals surface area (Å²) in [5.41, 5.74) is 1.98. The molecule has 1 saturated heterocycles. The van der Waals surface area contributed by atoms with Crippen molar-refractivity contribution >= 4 is 29.0 Å². The van der Waals surface area contributed by atoms with Crippen LogP contribution in [0.3, 0.4) is 0 Å². The molecule has 28 heavy (non-hydrogen) atoms. The van der Waals surface area contributed by atoms with E-state index >= 15 is 0 Å². The molecule has 3 heterocycles. The summed E-state index contributed by atoms with van der Waals surface area (Å²) >= 11 is 6.06. The van der Waals surface area contributed by atoms with Gasteiger partial charge in [0.2, 0.25) is 0 Å². The minimum Gasteiger partial charge on any atom is -0.489 e. The van der Waals surface area contributed by atoms with Gasteiger partial charge in [-0.3, -0.25) is 9.88 Å². The highest BCUT2D eigenvalue weighted by atomic mass is 35.5. The average Bonchev–Trinajstić information content (AvgIpc) is 2.68. The van der Waals surface area contributed by atoms with Crippen molar-refractivity contribution in [3.63, 3.8) is 0 Å². The summed E-state index contributed by atoms with van der Waals surface area (Å²) in [5.74, 6) is 0.650. The van der Waals surface area contributed by atoms with Gasteiger partial charge < -0.3 is 15.0 Å². The number of anilines is 2. The number of fused-ring (bicyclic) bond motifs is 1. The number of hydrogen-bond acceptors (Lipinski definition) is 4. The molecular weight excluding hydrogens is 376 g/mol. The molecule has 1 unspecified atom stereocenters. The molecule has 0 saturated carbocycles. The van der Waals surface area contributed by atoms with Crippen LogP contribution in [0.15, 0.2) is 42.7 Å². The zero-order valence-corrected chi connectivity index (χ0v) is 16.9. The molecule has 4 rings (SSSR count). The van der Waals surface area contributed by atoms with E-state index in [0.29, 0.717) is 23.9 Å². The van der Waals surface area contributed by atoms with Gasteiger partial charge in [-0.25, -0.2) is 4.79 Å². The first-order chi connectivity index (χ1) is 13.5. The van der Waals surface area contributed by atoms with Crippen molar-refractivity contribution in [1.29, 1.82) is 0 Å². The van der Waals surface area contributed by atoms with Crippen molar-refractivity contribution < 1.29 is 9.53 Å². The molecule has 1 N–H and O–H groups in total. The molecule has 7 heteroatoms. The van der Waals surface area contributed by atoms with Crippen LogP contribution < -0.4 is 19.9 Å². The van der Waals surface area contributed by atoms with Crippen molar-refractivity contribution in [3.8, 4) is 5.75 Å². The van der Waals surface area contributed by atoms with E-state index in [0.717, 1.165) is 30.9 Å². The summed E-state index contributed by atoms with van der Waals surface area (Å²) in [6, 6.07) is 9.28. The topological polar surface area (TPSA) is 57.7 Å². The zero-order valence-electron chi connectivity index (χ0n) is 16.2. The predicted molar refractivity (Wildman–Crippen MR) is 111 cm³/mol. The van der Waals surface area contributed by atoms with Crippen molar-refractivity contribution in [2.24, 2.45) is 5.41 Å². The van der Waals surface area contributed by atoms with Crippen LogP contribution in [-0.2, 0) is 0 Å². The Morgan fingerprint density at radius 2 is 2.21 bits per heavy atom. The van der Waals surface area contributed by atoms with Crippen LogP contribution in [0.2, 0.25) is 5.02 Å². The first-order valence-electron chi connectivity index (χ1n) is 9.66. The second kappa shape index (κ2) is 7.51. The smallest absolute Gasteiger partial charge is 0.322 e. The third-order valence-electron chi connectivity index (χ3n) is 5.75. The van der Waals surface area contributed by atoms with Crippen LogP contribution in [0.1, 0.15) is 20.3 Å². The fourth-order valence-electron chi connectivity index (χ4n) is 3.93. The molecule has 1 fully saturated rings. The summed E-state index contributed by atoms with van der Waals surface area (Å²) in [6.45, 7) is 7.10. The molecule has 2 aliphatic rings. The van der Waals surface area contributed by atoms with Gasteiger partial charge in [0.25, 0.3) is 0 Å². The SMILES string of the molecule is CCC1(CNC(=O)N2c3ccc(Cl)cc3OCC2C)CN(c2cccnc2)C1. The highest BCUT2D eigenvalue weighted by Gasteiger charge is 2.42. The average molecular weight is 401 g/mol. The van der Waals surface area contributed by atoms with Crippen molar-refractivity contribution in [2.75, 3.05) is 36.0 Å². The Morgan fingerprint density at radius 1 is 1.39 bits per heavy atom. The van der Waals surface area contributed by atoms with Gasteiger partial charge in [0.05, 0.1) is 23.6 Å². The lowest BCUT2D eigenvalue weighted by Gasteiger charge is -2.51. The van der Waals surface area contributed by atoms with Crippen molar-refractivity contribution in [2.45, 2.75) is 26.3 Å². The Morgan fingerprint density at radius 3 is 2.93 bits per heavy atom. The summed E-state index contributed by atoms with van der Waals surface area (Å²) in [4.78, 5) is 21.3. The maximum atomic E-state index is 13.0. The van der Waals surface area contributed by atoms with Crippen molar-refractivity contribution in [1.82, 2.24) is 10.3 Å². The fraction of sp³-hybridized carbons (Fsp3) is 0.429. The number of carbonyl (C=O) groups is 1. The molecule has 2 aliphatic heterocycles. The standard InChI is InChI=1S/C21H25ClN4O2/c1-3-21(13-25(14-21)17-5-4-8-23-10-17)12-24-20(27)26-15(2)11-28-19-9-16(22)6-7-18(19)26/h4-10,15H,3,11-14H2,1-2H3,(H,24,27). The zero-order chi connectivity index (χ0) is 19.7. The van der Waals surface area contributed by atoms with Crippen LogP contribution >= 0.6 is 11.6 Å². The maximum absolute atomic E-state index is 13.0. The van der Waals surface area contributed by atoms with Gasteiger partial charge in [-0.1, -0.05) is 18.5 Å².